The van der Waals surface area contributed by atoms with Gasteiger partial charge in [-0.2, -0.15) is 0 Å². The van der Waals surface area contributed by atoms with Crippen LogP contribution in [0, 0.1) is 0 Å². The molecule has 14 heavy (non-hydrogen) atoms. The maximum Gasteiger partial charge on any atom is 0.237 e. The molecule has 1 heterocycles. The highest BCUT2D eigenvalue weighted by Gasteiger charge is 2.20. The largest absolute Gasteiger partial charge is 0.368 e. The van der Waals surface area contributed by atoms with Crippen molar-refractivity contribution < 1.29 is 4.79 Å². The quantitative estimate of drug-likeness (QED) is 0.709. The van der Waals surface area contributed by atoms with E-state index in [2.05, 4.69) is 0 Å². The predicted molar refractivity (Wildman–Crippen MR) is 53.5 cm³/mol. The highest BCUT2D eigenvalue weighted by molar-refractivity contribution is 5.73. The Morgan fingerprint density at radius 3 is 3.14 bits per heavy atom. The number of rotatable bonds is 2. The van der Waals surface area contributed by atoms with Gasteiger partial charge in [0.15, 0.2) is 0 Å². The zero-order chi connectivity index (χ0) is 10.1. The van der Waals surface area contributed by atoms with Crippen LogP contribution in [0.25, 0.3) is 0 Å². The summed E-state index contributed by atoms with van der Waals surface area (Å²) in [4.78, 5) is 10.8. The lowest BCUT2D eigenvalue weighted by molar-refractivity contribution is -0.118. The van der Waals surface area contributed by atoms with Gasteiger partial charge >= 0.3 is 0 Å². The van der Waals surface area contributed by atoms with E-state index < -0.39 is 0 Å². The molecule has 2 rings (SSSR count). The molecule has 4 nitrogen and oxygen atoms in total. The van der Waals surface area contributed by atoms with E-state index in [0.717, 1.165) is 19.3 Å². The van der Waals surface area contributed by atoms with Crippen LogP contribution >= 0.6 is 0 Å². The average Bonchev–Trinajstić information content (AvgIpc) is 2.49. The molecule has 0 saturated carbocycles. The molecule has 0 radical (unpaired) electrons. The predicted octanol–water partition coefficient (Wildman–Crippen LogP) is 0.309. The van der Waals surface area contributed by atoms with E-state index in [0.29, 0.717) is 0 Å². The lowest BCUT2D eigenvalue weighted by atomic mass is 9.94. The first-order valence-corrected chi connectivity index (χ1v) is 4.90. The number of carbonyl (C=O) groups is 1. The molecular weight excluding hydrogens is 178 g/mol. The maximum atomic E-state index is 10.8. The summed E-state index contributed by atoms with van der Waals surface area (Å²) >= 11 is 0. The van der Waals surface area contributed by atoms with Crippen molar-refractivity contribution in [2.24, 2.45) is 11.5 Å². The average molecular weight is 193 g/mol. The Balaban J connectivity index is 2.31. The third-order valence-electron chi connectivity index (χ3n) is 2.77. The third kappa shape index (κ3) is 1.53. The fraction of sp³-hybridized carbons (Fsp3) is 0.500. The molecule has 0 saturated heterocycles. The molecule has 4 heteroatoms. The van der Waals surface area contributed by atoms with Crippen LogP contribution in [0.15, 0.2) is 12.3 Å². The minimum atomic E-state index is -0.303. The Hall–Kier alpha value is -1.29. The lowest BCUT2D eigenvalue weighted by Crippen LogP contribution is -2.22. The molecule has 0 aliphatic heterocycles. The van der Waals surface area contributed by atoms with Gasteiger partial charge in [0.05, 0.1) is 0 Å². The molecule has 76 valence electrons. The second-order valence-electron chi connectivity index (χ2n) is 3.81. The summed E-state index contributed by atoms with van der Waals surface area (Å²) in [6.07, 6.45) is 5.04. The van der Waals surface area contributed by atoms with Gasteiger partial charge in [-0.05, 0) is 30.9 Å². The summed E-state index contributed by atoms with van der Waals surface area (Å²) in [5.41, 5.74) is 13.5. The van der Waals surface area contributed by atoms with Gasteiger partial charge in [0.1, 0.15) is 6.54 Å². The summed E-state index contributed by atoms with van der Waals surface area (Å²) in [5, 5.41) is 0. The van der Waals surface area contributed by atoms with Gasteiger partial charge in [-0.15, -0.1) is 0 Å². The summed E-state index contributed by atoms with van der Waals surface area (Å²) < 4.78 is 1.91. The van der Waals surface area contributed by atoms with Crippen molar-refractivity contribution in [3.8, 4) is 0 Å². The molecule has 0 spiro atoms. The van der Waals surface area contributed by atoms with E-state index >= 15 is 0 Å². The minimum Gasteiger partial charge on any atom is -0.368 e. The first-order chi connectivity index (χ1) is 6.68. The van der Waals surface area contributed by atoms with E-state index in [1.54, 1.807) is 0 Å². The molecule has 4 N–H and O–H groups in total. The molecule has 1 aliphatic carbocycles. The van der Waals surface area contributed by atoms with Gasteiger partial charge in [0.2, 0.25) is 5.91 Å². The molecule has 1 atom stereocenters. The Morgan fingerprint density at radius 1 is 1.64 bits per heavy atom. The van der Waals surface area contributed by atoms with Crippen molar-refractivity contribution in [3.63, 3.8) is 0 Å². The van der Waals surface area contributed by atoms with Gasteiger partial charge in [0, 0.05) is 17.9 Å². The van der Waals surface area contributed by atoms with Gasteiger partial charge < -0.3 is 16.0 Å². The van der Waals surface area contributed by atoms with Crippen LogP contribution in [0.4, 0.5) is 0 Å². The van der Waals surface area contributed by atoms with Crippen molar-refractivity contribution in [3.05, 3.63) is 23.5 Å². The fourth-order valence-electron chi connectivity index (χ4n) is 2.11. The Kier molecular flexibility index (Phi) is 2.29. The van der Waals surface area contributed by atoms with E-state index in [9.17, 15) is 4.79 Å². The van der Waals surface area contributed by atoms with Crippen molar-refractivity contribution in [2.75, 3.05) is 0 Å². The Labute approximate surface area is 82.9 Å². The van der Waals surface area contributed by atoms with Crippen molar-refractivity contribution in [1.29, 1.82) is 0 Å². The van der Waals surface area contributed by atoms with Crippen molar-refractivity contribution in [2.45, 2.75) is 31.8 Å². The van der Waals surface area contributed by atoms with E-state index in [1.807, 2.05) is 16.8 Å². The number of primary amides is 1. The highest BCUT2D eigenvalue weighted by Crippen LogP contribution is 2.28. The van der Waals surface area contributed by atoms with Crippen LogP contribution in [-0.4, -0.2) is 10.5 Å². The van der Waals surface area contributed by atoms with Gasteiger partial charge in [-0.1, -0.05) is 0 Å². The van der Waals surface area contributed by atoms with Crippen LogP contribution in [0.1, 0.15) is 30.1 Å². The van der Waals surface area contributed by atoms with Crippen LogP contribution in [0.5, 0.6) is 0 Å². The second kappa shape index (κ2) is 3.46. The number of carbonyl (C=O) groups excluding carboxylic acids is 1. The Morgan fingerprint density at radius 2 is 2.43 bits per heavy atom. The van der Waals surface area contributed by atoms with Gasteiger partial charge in [0.25, 0.3) is 0 Å². The molecule has 0 fully saturated rings. The van der Waals surface area contributed by atoms with Crippen LogP contribution in [0.3, 0.4) is 0 Å². The number of hydrogen-bond donors (Lipinski definition) is 2. The van der Waals surface area contributed by atoms with Crippen LogP contribution in [-0.2, 0) is 17.8 Å². The molecule has 1 aliphatic rings. The van der Waals surface area contributed by atoms with Gasteiger partial charge in [-0.3, -0.25) is 4.79 Å². The number of nitrogens with two attached hydrogens (primary N) is 2. The lowest BCUT2D eigenvalue weighted by Gasteiger charge is -2.20. The summed E-state index contributed by atoms with van der Waals surface area (Å²) in [7, 11) is 0. The fourth-order valence-corrected chi connectivity index (χ4v) is 2.11. The first kappa shape index (κ1) is 9.27. The van der Waals surface area contributed by atoms with Crippen molar-refractivity contribution >= 4 is 5.91 Å². The van der Waals surface area contributed by atoms with E-state index in [4.69, 9.17) is 11.5 Å². The third-order valence-corrected chi connectivity index (χ3v) is 2.77. The maximum absolute atomic E-state index is 10.8. The molecule has 1 aromatic heterocycles. The normalized spacial score (nSPS) is 20.5. The molecule has 1 amide bonds. The number of fused-ring (bicyclic) bond motifs is 1. The summed E-state index contributed by atoms with van der Waals surface area (Å²) in [5.74, 6) is -0.303. The second-order valence-corrected chi connectivity index (χ2v) is 3.81. The SMILES string of the molecule is NC(=O)Cn1ccc2c1CCCC2N. The topological polar surface area (TPSA) is 74.0 Å². The monoisotopic (exact) mass is 193 g/mol. The van der Waals surface area contributed by atoms with E-state index in [-0.39, 0.29) is 18.5 Å². The zero-order valence-corrected chi connectivity index (χ0v) is 8.07. The molecule has 0 aromatic carbocycles. The first-order valence-electron chi connectivity index (χ1n) is 4.90. The summed E-state index contributed by atoms with van der Waals surface area (Å²) in [6, 6.07) is 2.13. The van der Waals surface area contributed by atoms with Crippen LogP contribution in [0.2, 0.25) is 0 Å². The number of hydrogen-bond acceptors (Lipinski definition) is 2. The minimum absolute atomic E-state index is 0.132. The number of nitrogens with zero attached hydrogens (tertiary/aromatic N) is 1. The number of aromatic nitrogens is 1. The Bertz CT molecular complexity index is 356. The standard InChI is InChI=1S/C10H15N3O/c11-8-2-1-3-9-7(8)4-5-13(9)6-10(12)14/h4-5,8H,1-3,6,11H2,(H2,12,14). The molecular formula is C10H15N3O. The van der Waals surface area contributed by atoms with E-state index in [1.165, 1.54) is 11.3 Å². The number of amides is 1. The van der Waals surface area contributed by atoms with Gasteiger partial charge in [-0.25, -0.2) is 0 Å². The smallest absolute Gasteiger partial charge is 0.237 e. The van der Waals surface area contributed by atoms with Crippen molar-refractivity contribution in [1.82, 2.24) is 4.57 Å². The molecule has 1 unspecified atom stereocenters. The molecule has 1 aromatic rings. The highest BCUT2D eigenvalue weighted by atomic mass is 16.1. The van der Waals surface area contributed by atoms with Crippen LogP contribution < -0.4 is 11.5 Å². The summed E-state index contributed by atoms with van der Waals surface area (Å²) in [6.45, 7) is 0.266. The molecule has 0 bridgehead atoms. The zero-order valence-electron chi connectivity index (χ0n) is 8.07.